The monoisotopic (exact) mass is 225 g/mol. The lowest BCUT2D eigenvalue weighted by atomic mass is 10.1. The van der Waals surface area contributed by atoms with E-state index in [0.717, 1.165) is 26.3 Å². The number of rotatable bonds is 3. The van der Waals surface area contributed by atoms with E-state index in [4.69, 9.17) is 4.74 Å². The predicted octanol–water partition coefficient (Wildman–Crippen LogP) is 2.32. The highest BCUT2D eigenvalue weighted by molar-refractivity contribution is 7.10. The maximum absolute atomic E-state index is 5.37. The standard InChI is InChI=1S/C12H19NOS/c1-10-7-12(15-9-10)8-11(2)13-3-5-14-6-4-13/h7,9,11H,3-6,8H2,1-2H3. The van der Waals surface area contributed by atoms with Gasteiger partial charge in [-0.25, -0.2) is 0 Å². The van der Waals surface area contributed by atoms with Crippen LogP contribution in [0.15, 0.2) is 11.4 Å². The molecule has 2 heterocycles. The van der Waals surface area contributed by atoms with Crippen molar-refractivity contribution in [3.05, 3.63) is 21.9 Å². The van der Waals surface area contributed by atoms with Crippen molar-refractivity contribution in [1.82, 2.24) is 4.90 Å². The minimum absolute atomic E-state index is 0.645. The summed E-state index contributed by atoms with van der Waals surface area (Å²) in [4.78, 5) is 4.03. The molecule has 0 saturated carbocycles. The highest BCUT2D eigenvalue weighted by Crippen LogP contribution is 2.18. The topological polar surface area (TPSA) is 12.5 Å². The Morgan fingerprint density at radius 3 is 2.80 bits per heavy atom. The van der Waals surface area contributed by atoms with Gasteiger partial charge in [0, 0.05) is 24.0 Å². The van der Waals surface area contributed by atoms with E-state index in [0.29, 0.717) is 6.04 Å². The molecule has 1 aromatic heterocycles. The van der Waals surface area contributed by atoms with E-state index < -0.39 is 0 Å². The van der Waals surface area contributed by atoms with Gasteiger partial charge in [0.15, 0.2) is 0 Å². The molecular formula is C12H19NOS. The van der Waals surface area contributed by atoms with Gasteiger partial charge in [-0.05, 0) is 37.3 Å². The first kappa shape index (κ1) is 11.1. The lowest BCUT2D eigenvalue weighted by molar-refractivity contribution is 0.0205. The number of morpholine rings is 1. The maximum Gasteiger partial charge on any atom is 0.0594 e. The molecule has 84 valence electrons. The molecule has 0 amide bonds. The molecule has 3 heteroatoms. The minimum atomic E-state index is 0.645. The molecule has 1 aliphatic heterocycles. The lowest BCUT2D eigenvalue weighted by Gasteiger charge is -2.32. The molecular weight excluding hydrogens is 206 g/mol. The first-order chi connectivity index (χ1) is 7.25. The minimum Gasteiger partial charge on any atom is -0.379 e. The van der Waals surface area contributed by atoms with Crippen LogP contribution in [0.2, 0.25) is 0 Å². The summed E-state index contributed by atoms with van der Waals surface area (Å²) in [6.07, 6.45) is 1.18. The third-order valence-corrected chi connectivity index (χ3v) is 4.03. The Hall–Kier alpha value is -0.380. The van der Waals surface area contributed by atoms with E-state index in [1.807, 2.05) is 11.3 Å². The quantitative estimate of drug-likeness (QED) is 0.783. The van der Waals surface area contributed by atoms with Gasteiger partial charge in [-0.3, -0.25) is 4.90 Å². The van der Waals surface area contributed by atoms with Gasteiger partial charge in [-0.1, -0.05) is 0 Å². The molecule has 2 rings (SSSR count). The van der Waals surface area contributed by atoms with E-state index >= 15 is 0 Å². The van der Waals surface area contributed by atoms with Crippen LogP contribution >= 0.6 is 11.3 Å². The molecule has 1 saturated heterocycles. The van der Waals surface area contributed by atoms with Crippen LogP contribution in [-0.4, -0.2) is 37.2 Å². The van der Waals surface area contributed by atoms with Crippen molar-refractivity contribution in [2.75, 3.05) is 26.3 Å². The van der Waals surface area contributed by atoms with Gasteiger partial charge < -0.3 is 4.74 Å². The fraction of sp³-hybridized carbons (Fsp3) is 0.667. The zero-order valence-electron chi connectivity index (χ0n) is 9.53. The van der Waals surface area contributed by atoms with Crippen LogP contribution < -0.4 is 0 Å². The van der Waals surface area contributed by atoms with E-state index in [1.165, 1.54) is 16.9 Å². The Morgan fingerprint density at radius 1 is 1.47 bits per heavy atom. The summed E-state index contributed by atoms with van der Waals surface area (Å²) in [6, 6.07) is 2.95. The van der Waals surface area contributed by atoms with Crippen LogP contribution in [-0.2, 0) is 11.2 Å². The van der Waals surface area contributed by atoms with Gasteiger partial charge in [-0.2, -0.15) is 0 Å². The van der Waals surface area contributed by atoms with E-state index in [9.17, 15) is 0 Å². The zero-order valence-corrected chi connectivity index (χ0v) is 10.3. The van der Waals surface area contributed by atoms with Crippen molar-refractivity contribution in [2.45, 2.75) is 26.3 Å². The molecule has 1 atom stereocenters. The number of thiophene rings is 1. The van der Waals surface area contributed by atoms with Crippen LogP contribution in [0.3, 0.4) is 0 Å². The summed E-state index contributed by atoms with van der Waals surface area (Å²) in [5, 5.41) is 2.24. The highest BCUT2D eigenvalue weighted by atomic mass is 32.1. The van der Waals surface area contributed by atoms with Crippen molar-refractivity contribution in [3.8, 4) is 0 Å². The van der Waals surface area contributed by atoms with E-state index in [1.54, 1.807) is 0 Å². The Kier molecular flexibility index (Phi) is 3.78. The zero-order chi connectivity index (χ0) is 10.7. The van der Waals surface area contributed by atoms with Crippen molar-refractivity contribution in [2.24, 2.45) is 0 Å². The summed E-state index contributed by atoms with van der Waals surface area (Å²) in [6.45, 7) is 8.46. The van der Waals surface area contributed by atoms with Crippen LogP contribution in [0.5, 0.6) is 0 Å². The first-order valence-electron chi connectivity index (χ1n) is 5.61. The summed E-state index contributed by atoms with van der Waals surface area (Å²) >= 11 is 1.88. The maximum atomic E-state index is 5.37. The molecule has 0 spiro atoms. The summed E-state index contributed by atoms with van der Waals surface area (Å²) in [5.41, 5.74) is 1.39. The fourth-order valence-electron chi connectivity index (χ4n) is 2.04. The lowest BCUT2D eigenvalue weighted by Crippen LogP contribution is -2.42. The fourth-order valence-corrected chi connectivity index (χ4v) is 3.03. The third-order valence-electron chi connectivity index (χ3n) is 2.95. The average Bonchev–Trinajstić information content (AvgIpc) is 2.65. The molecule has 0 aliphatic carbocycles. The number of nitrogens with zero attached hydrogens (tertiary/aromatic N) is 1. The van der Waals surface area contributed by atoms with Crippen molar-refractivity contribution < 1.29 is 4.74 Å². The van der Waals surface area contributed by atoms with Crippen molar-refractivity contribution >= 4 is 11.3 Å². The molecule has 1 fully saturated rings. The SMILES string of the molecule is Cc1csc(CC(C)N2CCOCC2)c1. The van der Waals surface area contributed by atoms with Crippen molar-refractivity contribution in [1.29, 1.82) is 0 Å². The van der Waals surface area contributed by atoms with Gasteiger partial charge in [0.2, 0.25) is 0 Å². The number of aryl methyl sites for hydroxylation is 1. The smallest absolute Gasteiger partial charge is 0.0594 e. The Balaban J connectivity index is 1.88. The molecule has 1 unspecified atom stereocenters. The average molecular weight is 225 g/mol. The predicted molar refractivity (Wildman–Crippen MR) is 64.6 cm³/mol. The Labute approximate surface area is 95.9 Å². The molecule has 0 bridgehead atoms. The number of hydrogen-bond acceptors (Lipinski definition) is 3. The van der Waals surface area contributed by atoms with Gasteiger partial charge >= 0.3 is 0 Å². The number of ether oxygens (including phenoxy) is 1. The molecule has 0 radical (unpaired) electrons. The Bertz CT molecular complexity index is 304. The molecule has 0 N–H and O–H groups in total. The Morgan fingerprint density at radius 2 is 2.20 bits per heavy atom. The molecule has 15 heavy (non-hydrogen) atoms. The summed E-state index contributed by atoms with van der Waals surface area (Å²) in [7, 11) is 0. The second kappa shape index (κ2) is 5.10. The van der Waals surface area contributed by atoms with Crippen LogP contribution in [0, 0.1) is 6.92 Å². The first-order valence-corrected chi connectivity index (χ1v) is 6.49. The van der Waals surface area contributed by atoms with Crippen molar-refractivity contribution in [3.63, 3.8) is 0 Å². The number of hydrogen-bond donors (Lipinski definition) is 0. The molecule has 0 aromatic carbocycles. The third kappa shape index (κ3) is 3.03. The largest absolute Gasteiger partial charge is 0.379 e. The molecule has 2 nitrogen and oxygen atoms in total. The molecule has 1 aromatic rings. The van der Waals surface area contributed by atoms with Crippen LogP contribution in [0.25, 0.3) is 0 Å². The second-order valence-corrected chi connectivity index (χ2v) is 5.29. The van der Waals surface area contributed by atoms with Gasteiger partial charge in [0.1, 0.15) is 0 Å². The second-order valence-electron chi connectivity index (χ2n) is 4.29. The van der Waals surface area contributed by atoms with Gasteiger partial charge in [0.05, 0.1) is 13.2 Å². The van der Waals surface area contributed by atoms with Crippen LogP contribution in [0.4, 0.5) is 0 Å². The van der Waals surface area contributed by atoms with Gasteiger partial charge in [-0.15, -0.1) is 11.3 Å². The highest BCUT2D eigenvalue weighted by Gasteiger charge is 2.17. The summed E-state index contributed by atoms with van der Waals surface area (Å²) < 4.78 is 5.37. The molecule has 1 aliphatic rings. The summed E-state index contributed by atoms with van der Waals surface area (Å²) in [5.74, 6) is 0. The van der Waals surface area contributed by atoms with Gasteiger partial charge in [0.25, 0.3) is 0 Å². The van der Waals surface area contributed by atoms with E-state index in [2.05, 4.69) is 30.2 Å². The normalized spacial score (nSPS) is 20.4. The van der Waals surface area contributed by atoms with Crippen LogP contribution in [0.1, 0.15) is 17.4 Å². The van der Waals surface area contributed by atoms with E-state index in [-0.39, 0.29) is 0 Å².